The second-order valence-electron chi connectivity index (χ2n) is 5.38. The van der Waals surface area contributed by atoms with Gasteiger partial charge in [-0.3, -0.25) is 9.59 Å². The molecule has 0 radical (unpaired) electrons. The van der Waals surface area contributed by atoms with Gasteiger partial charge in [-0.15, -0.1) is 0 Å². The third-order valence-corrected chi connectivity index (χ3v) is 4.75. The second kappa shape index (κ2) is 2.63. The number of rotatable bonds is 0. The number of ether oxygens (including phenoxy) is 1. The van der Waals surface area contributed by atoms with Gasteiger partial charge in [0.1, 0.15) is 16.8 Å². The molecule has 3 nitrogen and oxygen atoms in total. The van der Waals surface area contributed by atoms with Gasteiger partial charge in [0.2, 0.25) is 0 Å². The Morgan fingerprint density at radius 1 is 1.27 bits per heavy atom. The first-order valence-corrected chi connectivity index (χ1v) is 5.86. The predicted molar refractivity (Wildman–Crippen MR) is 53.1 cm³/mol. The Bertz CT molecular complexity index is 349. The van der Waals surface area contributed by atoms with Crippen molar-refractivity contribution < 1.29 is 14.3 Å². The Balaban J connectivity index is 2.11. The fraction of sp³-hybridized carbons (Fsp3) is 0.833. The molecule has 2 saturated carbocycles. The van der Waals surface area contributed by atoms with E-state index < -0.39 is 5.41 Å². The maximum atomic E-state index is 11.9. The van der Waals surface area contributed by atoms with Crippen molar-refractivity contribution in [2.75, 3.05) is 0 Å². The Morgan fingerprint density at radius 3 is 2.87 bits per heavy atom. The smallest absolute Gasteiger partial charge is 0.320 e. The molecule has 1 heterocycles. The van der Waals surface area contributed by atoms with Gasteiger partial charge in [-0.2, -0.15) is 0 Å². The molecule has 3 rings (SSSR count). The molecular weight excluding hydrogens is 192 g/mol. The van der Waals surface area contributed by atoms with Crippen LogP contribution < -0.4 is 0 Å². The minimum absolute atomic E-state index is 0.104. The molecule has 15 heavy (non-hydrogen) atoms. The summed E-state index contributed by atoms with van der Waals surface area (Å²) in [5.74, 6) is 0.0110. The Morgan fingerprint density at radius 2 is 2.07 bits per heavy atom. The molecular formula is C12H16O3. The molecule has 3 atom stereocenters. The lowest BCUT2D eigenvalue weighted by Gasteiger charge is -2.43. The number of Topliss-reactive ketones (excluding diaryl/α,β-unsaturated/α-hetero) is 1. The van der Waals surface area contributed by atoms with Crippen molar-refractivity contribution in [3.8, 4) is 0 Å². The minimum atomic E-state index is -0.807. The van der Waals surface area contributed by atoms with E-state index >= 15 is 0 Å². The van der Waals surface area contributed by atoms with Crippen LogP contribution in [0.3, 0.4) is 0 Å². The number of hydrogen-bond acceptors (Lipinski definition) is 3. The van der Waals surface area contributed by atoms with E-state index in [2.05, 4.69) is 0 Å². The van der Waals surface area contributed by atoms with Crippen molar-refractivity contribution in [3.63, 3.8) is 0 Å². The molecule has 2 aliphatic carbocycles. The van der Waals surface area contributed by atoms with E-state index in [-0.39, 0.29) is 23.3 Å². The van der Waals surface area contributed by atoms with Crippen LogP contribution in [0, 0.1) is 11.3 Å². The SMILES string of the molecule is C[C@@]12C(=O)CC[C@]3(CCCC[C@H]31)OC2=O. The Labute approximate surface area is 89.2 Å². The number of carbonyl (C=O) groups excluding carboxylic acids is 2. The van der Waals surface area contributed by atoms with Crippen LogP contribution in [0.25, 0.3) is 0 Å². The molecule has 0 aromatic heterocycles. The zero-order valence-corrected chi connectivity index (χ0v) is 9.04. The third-order valence-electron chi connectivity index (χ3n) is 4.75. The van der Waals surface area contributed by atoms with Gasteiger partial charge in [0.15, 0.2) is 0 Å². The van der Waals surface area contributed by atoms with Crippen molar-refractivity contribution in [1.82, 2.24) is 0 Å². The highest BCUT2D eigenvalue weighted by molar-refractivity contribution is 6.06. The van der Waals surface area contributed by atoms with Crippen molar-refractivity contribution in [1.29, 1.82) is 0 Å². The molecule has 3 fully saturated rings. The highest BCUT2D eigenvalue weighted by Gasteiger charge is 2.68. The summed E-state index contributed by atoms with van der Waals surface area (Å²) in [7, 11) is 0. The average molecular weight is 208 g/mol. The van der Waals surface area contributed by atoms with Crippen LogP contribution in [0.4, 0.5) is 0 Å². The van der Waals surface area contributed by atoms with Gasteiger partial charge in [0.25, 0.3) is 0 Å². The van der Waals surface area contributed by atoms with Crippen molar-refractivity contribution in [3.05, 3.63) is 0 Å². The topological polar surface area (TPSA) is 43.4 Å². The van der Waals surface area contributed by atoms with Crippen LogP contribution in [0.15, 0.2) is 0 Å². The zero-order valence-electron chi connectivity index (χ0n) is 9.04. The standard InChI is InChI=1S/C12H16O3/c1-11-8-4-2-3-6-12(8,15-10(11)14)7-5-9(11)13/h8H,2-7H2,1H3/t8-,11-,12-/m0/s1. The van der Waals surface area contributed by atoms with E-state index in [9.17, 15) is 9.59 Å². The van der Waals surface area contributed by atoms with E-state index in [0.717, 1.165) is 32.1 Å². The Hall–Kier alpha value is -0.860. The van der Waals surface area contributed by atoms with Crippen LogP contribution >= 0.6 is 0 Å². The Kier molecular flexibility index (Phi) is 1.64. The van der Waals surface area contributed by atoms with Crippen LogP contribution in [0.5, 0.6) is 0 Å². The summed E-state index contributed by atoms with van der Waals surface area (Å²) in [6.07, 6.45) is 5.50. The normalized spacial score (nSPS) is 48.7. The van der Waals surface area contributed by atoms with E-state index in [1.807, 2.05) is 0 Å². The first kappa shape index (κ1) is 9.37. The molecule has 82 valence electrons. The highest BCUT2D eigenvalue weighted by Crippen LogP contribution is 2.58. The van der Waals surface area contributed by atoms with E-state index in [1.54, 1.807) is 6.92 Å². The number of hydrogen-bond donors (Lipinski definition) is 0. The third kappa shape index (κ3) is 0.918. The molecule has 2 bridgehead atoms. The lowest BCUT2D eigenvalue weighted by atomic mass is 9.57. The van der Waals surface area contributed by atoms with Gasteiger partial charge in [-0.05, 0) is 32.6 Å². The van der Waals surface area contributed by atoms with Gasteiger partial charge in [-0.1, -0.05) is 6.42 Å². The molecule has 3 aliphatic rings. The summed E-state index contributed by atoms with van der Waals surface area (Å²) >= 11 is 0. The number of ketones is 1. The van der Waals surface area contributed by atoms with Gasteiger partial charge in [-0.25, -0.2) is 0 Å². The van der Waals surface area contributed by atoms with E-state index in [0.29, 0.717) is 6.42 Å². The predicted octanol–water partition coefficient (Wildman–Crippen LogP) is 1.84. The molecule has 0 aromatic carbocycles. The van der Waals surface area contributed by atoms with Gasteiger partial charge < -0.3 is 4.74 Å². The van der Waals surface area contributed by atoms with E-state index in [1.165, 1.54) is 0 Å². The summed E-state index contributed by atoms with van der Waals surface area (Å²) in [5, 5.41) is 0. The van der Waals surface area contributed by atoms with Crippen LogP contribution in [-0.4, -0.2) is 17.4 Å². The van der Waals surface area contributed by atoms with Crippen LogP contribution in [-0.2, 0) is 14.3 Å². The summed E-state index contributed by atoms with van der Waals surface area (Å²) in [6, 6.07) is 0. The molecule has 1 aliphatic heterocycles. The van der Waals surface area contributed by atoms with Crippen molar-refractivity contribution >= 4 is 11.8 Å². The summed E-state index contributed by atoms with van der Waals surface area (Å²) in [5.41, 5.74) is -1.07. The highest BCUT2D eigenvalue weighted by atomic mass is 16.6. The van der Waals surface area contributed by atoms with Gasteiger partial charge in [0.05, 0.1) is 0 Å². The monoisotopic (exact) mass is 208 g/mol. The summed E-state index contributed by atoms with van der Waals surface area (Å²) < 4.78 is 5.59. The molecule has 3 heteroatoms. The quantitative estimate of drug-likeness (QED) is 0.450. The number of esters is 1. The van der Waals surface area contributed by atoms with Gasteiger partial charge >= 0.3 is 5.97 Å². The molecule has 0 amide bonds. The fourth-order valence-corrected chi connectivity index (χ4v) is 3.82. The minimum Gasteiger partial charge on any atom is -0.458 e. The second-order valence-corrected chi connectivity index (χ2v) is 5.38. The van der Waals surface area contributed by atoms with Crippen LogP contribution in [0.1, 0.15) is 45.4 Å². The largest absolute Gasteiger partial charge is 0.458 e. The maximum absolute atomic E-state index is 11.9. The average Bonchev–Trinajstić information content (AvgIpc) is 2.41. The lowest BCUT2D eigenvalue weighted by Crippen LogP contribution is -2.50. The number of carbonyl (C=O) groups is 2. The van der Waals surface area contributed by atoms with E-state index in [4.69, 9.17) is 4.74 Å². The molecule has 0 N–H and O–H groups in total. The summed E-state index contributed by atoms with van der Waals surface area (Å²) in [4.78, 5) is 23.8. The first-order valence-electron chi connectivity index (χ1n) is 5.86. The molecule has 0 spiro atoms. The maximum Gasteiger partial charge on any atom is 0.320 e. The molecule has 0 unspecified atom stereocenters. The fourth-order valence-electron chi connectivity index (χ4n) is 3.82. The summed E-state index contributed by atoms with van der Waals surface area (Å²) in [6.45, 7) is 1.80. The van der Waals surface area contributed by atoms with Crippen molar-refractivity contribution in [2.24, 2.45) is 11.3 Å². The molecule has 1 saturated heterocycles. The van der Waals surface area contributed by atoms with Gasteiger partial charge in [0, 0.05) is 12.3 Å². The van der Waals surface area contributed by atoms with Crippen molar-refractivity contribution in [2.45, 2.75) is 51.0 Å². The zero-order chi connectivity index (χ0) is 10.7. The lowest BCUT2D eigenvalue weighted by molar-refractivity contribution is -0.154. The van der Waals surface area contributed by atoms with Crippen LogP contribution in [0.2, 0.25) is 0 Å². The first-order chi connectivity index (χ1) is 7.09. The molecule has 0 aromatic rings.